The number of rotatable bonds is 3. The van der Waals surface area contributed by atoms with Crippen molar-refractivity contribution in [3.05, 3.63) is 11.8 Å². The molecule has 5 heteroatoms. The number of carbonyl (C=O) groups is 2. The fourth-order valence-electron chi connectivity index (χ4n) is 0.964. The van der Waals surface area contributed by atoms with Crippen LogP contribution in [0.5, 0.6) is 0 Å². The molecule has 0 aliphatic carbocycles. The predicted octanol–water partition coefficient (Wildman–Crippen LogP) is 2.20. The minimum atomic E-state index is -0.765. The second-order valence-electron chi connectivity index (χ2n) is 5.77. The summed E-state index contributed by atoms with van der Waals surface area (Å²) in [6.45, 7) is 10.3. The zero-order chi connectivity index (χ0) is 14.6. The van der Waals surface area contributed by atoms with Gasteiger partial charge in [0.1, 0.15) is 17.5 Å². The highest BCUT2D eigenvalue weighted by Gasteiger charge is 2.29. The molecule has 0 saturated heterocycles. The maximum atomic E-state index is 11.8. The molecule has 0 N–H and O–H groups in total. The number of methoxy groups -OCH3 is 1. The van der Waals surface area contributed by atoms with Crippen LogP contribution in [0.3, 0.4) is 0 Å². The second-order valence-corrected chi connectivity index (χ2v) is 5.77. The largest absolute Gasteiger partial charge is 0.503 e. The molecule has 0 fully saturated rings. The van der Waals surface area contributed by atoms with E-state index in [1.54, 1.807) is 41.5 Å². The number of carbonyl (C=O) groups excluding carboxylic acids is 2. The highest BCUT2D eigenvalue weighted by Crippen LogP contribution is 2.15. The molecule has 0 aromatic rings. The summed E-state index contributed by atoms with van der Waals surface area (Å²) in [6, 6.07) is 0. The zero-order valence-corrected chi connectivity index (χ0v) is 12.1. The van der Waals surface area contributed by atoms with E-state index in [9.17, 15) is 9.59 Å². The van der Waals surface area contributed by atoms with Gasteiger partial charge in [0.2, 0.25) is 0 Å². The normalized spacial score (nSPS) is 11.5. The summed E-state index contributed by atoms with van der Waals surface area (Å²) in [6.07, 6.45) is 1.03. The number of ether oxygens (including phenoxy) is 3. The summed E-state index contributed by atoms with van der Waals surface area (Å²) in [4.78, 5) is 23.6. The molecule has 0 amide bonds. The Bertz CT molecular complexity index is 311. The van der Waals surface area contributed by atoms with Crippen molar-refractivity contribution in [2.75, 3.05) is 7.11 Å². The van der Waals surface area contributed by atoms with Crippen molar-refractivity contribution in [3.8, 4) is 0 Å². The fourth-order valence-corrected chi connectivity index (χ4v) is 0.964. The van der Waals surface area contributed by atoms with Crippen molar-refractivity contribution < 1.29 is 23.8 Å². The first-order valence-electron chi connectivity index (χ1n) is 5.66. The van der Waals surface area contributed by atoms with E-state index in [-0.39, 0.29) is 5.57 Å². The van der Waals surface area contributed by atoms with E-state index in [0.717, 1.165) is 6.26 Å². The van der Waals surface area contributed by atoms with Gasteiger partial charge in [0.05, 0.1) is 7.11 Å². The number of hydrogen-bond acceptors (Lipinski definition) is 5. The smallest absolute Gasteiger partial charge is 0.349 e. The Morgan fingerprint density at radius 3 is 1.39 bits per heavy atom. The quantitative estimate of drug-likeness (QED) is 0.255. The summed E-state index contributed by atoms with van der Waals surface area (Å²) in [5, 5.41) is 0. The van der Waals surface area contributed by atoms with Crippen molar-refractivity contribution in [2.45, 2.75) is 52.7 Å². The van der Waals surface area contributed by atoms with E-state index in [1.165, 1.54) is 7.11 Å². The highest BCUT2D eigenvalue weighted by molar-refractivity contribution is 6.14. The van der Waals surface area contributed by atoms with Gasteiger partial charge in [-0.25, -0.2) is 9.59 Å². The van der Waals surface area contributed by atoms with Gasteiger partial charge in [0.25, 0.3) is 0 Å². The molecule has 0 unspecified atom stereocenters. The SMILES string of the molecule is COC=C(C(=O)OC(C)(C)C)C(=O)OC(C)(C)C. The standard InChI is InChI=1S/C13H22O5/c1-12(2,3)17-10(14)9(8-16-7)11(15)18-13(4,5)6/h8H,1-7H3. The van der Waals surface area contributed by atoms with Crippen LogP contribution in [-0.2, 0) is 23.8 Å². The summed E-state index contributed by atoms with van der Waals surface area (Å²) in [5.41, 5.74) is -1.64. The van der Waals surface area contributed by atoms with Gasteiger partial charge >= 0.3 is 11.9 Å². The third-order valence-corrected chi connectivity index (χ3v) is 1.47. The predicted molar refractivity (Wildman–Crippen MR) is 66.8 cm³/mol. The van der Waals surface area contributed by atoms with Gasteiger partial charge in [-0.1, -0.05) is 0 Å². The van der Waals surface area contributed by atoms with Gasteiger partial charge in [0, 0.05) is 0 Å². The van der Waals surface area contributed by atoms with Crippen LogP contribution in [0.4, 0.5) is 0 Å². The lowest BCUT2D eigenvalue weighted by atomic mass is 10.1. The molecule has 0 atom stereocenters. The minimum absolute atomic E-state index is 0.262. The van der Waals surface area contributed by atoms with E-state index in [1.807, 2.05) is 0 Å². The van der Waals surface area contributed by atoms with Crippen LogP contribution in [0.1, 0.15) is 41.5 Å². The Kier molecular flexibility index (Phi) is 5.39. The van der Waals surface area contributed by atoms with Crippen LogP contribution in [0.2, 0.25) is 0 Å². The Morgan fingerprint density at radius 2 is 1.17 bits per heavy atom. The third-order valence-electron chi connectivity index (χ3n) is 1.47. The van der Waals surface area contributed by atoms with Crippen LogP contribution in [-0.4, -0.2) is 30.3 Å². The Balaban J connectivity index is 4.94. The number of esters is 2. The summed E-state index contributed by atoms with van der Waals surface area (Å²) >= 11 is 0. The van der Waals surface area contributed by atoms with E-state index < -0.39 is 23.1 Å². The molecular formula is C13H22O5. The molecule has 0 rings (SSSR count). The Hall–Kier alpha value is -1.52. The topological polar surface area (TPSA) is 61.8 Å². The first kappa shape index (κ1) is 16.5. The van der Waals surface area contributed by atoms with Crippen molar-refractivity contribution in [1.29, 1.82) is 0 Å². The molecule has 0 aliphatic rings. The van der Waals surface area contributed by atoms with Crippen LogP contribution in [0.15, 0.2) is 11.8 Å². The van der Waals surface area contributed by atoms with E-state index in [0.29, 0.717) is 0 Å². The van der Waals surface area contributed by atoms with Crippen molar-refractivity contribution >= 4 is 11.9 Å². The van der Waals surface area contributed by atoms with Crippen LogP contribution in [0, 0.1) is 0 Å². The lowest BCUT2D eigenvalue weighted by molar-refractivity contribution is -0.158. The second kappa shape index (κ2) is 5.89. The van der Waals surface area contributed by atoms with Gasteiger partial charge in [-0.3, -0.25) is 0 Å². The molecule has 0 heterocycles. The van der Waals surface area contributed by atoms with Crippen molar-refractivity contribution in [3.63, 3.8) is 0 Å². The lowest BCUT2D eigenvalue weighted by Crippen LogP contribution is -2.31. The maximum Gasteiger partial charge on any atom is 0.349 e. The fraction of sp³-hybridized carbons (Fsp3) is 0.692. The average Bonchev–Trinajstić information content (AvgIpc) is 2.07. The monoisotopic (exact) mass is 258 g/mol. The molecule has 0 radical (unpaired) electrons. The summed E-state index contributed by atoms with van der Waals surface area (Å²) in [7, 11) is 1.34. The molecule has 0 saturated carbocycles. The van der Waals surface area contributed by atoms with Crippen LogP contribution < -0.4 is 0 Å². The average molecular weight is 258 g/mol. The molecule has 0 aromatic carbocycles. The summed E-state index contributed by atoms with van der Waals surface area (Å²) in [5.74, 6) is -1.53. The zero-order valence-electron chi connectivity index (χ0n) is 12.1. The van der Waals surface area contributed by atoms with Gasteiger partial charge in [0.15, 0.2) is 5.57 Å². The van der Waals surface area contributed by atoms with Crippen molar-refractivity contribution in [2.24, 2.45) is 0 Å². The van der Waals surface area contributed by atoms with Gasteiger partial charge in [-0.05, 0) is 41.5 Å². The highest BCUT2D eigenvalue weighted by atomic mass is 16.6. The van der Waals surface area contributed by atoms with E-state index in [2.05, 4.69) is 0 Å². The molecular weight excluding hydrogens is 236 g/mol. The molecule has 18 heavy (non-hydrogen) atoms. The molecule has 0 aliphatic heterocycles. The lowest BCUT2D eigenvalue weighted by Gasteiger charge is -2.22. The first-order valence-corrected chi connectivity index (χ1v) is 5.66. The Labute approximate surface area is 108 Å². The van der Waals surface area contributed by atoms with Crippen molar-refractivity contribution in [1.82, 2.24) is 0 Å². The molecule has 0 bridgehead atoms. The third kappa shape index (κ3) is 6.93. The number of hydrogen-bond donors (Lipinski definition) is 0. The van der Waals surface area contributed by atoms with Gasteiger partial charge in [-0.2, -0.15) is 0 Å². The van der Waals surface area contributed by atoms with E-state index in [4.69, 9.17) is 14.2 Å². The van der Waals surface area contributed by atoms with Crippen LogP contribution in [0.25, 0.3) is 0 Å². The van der Waals surface area contributed by atoms with E-state index >= 15 is 0 Å². The first-order chi connectivity index (χ1) is 7.96. The summed E-state index contributed by atoms with van der Waals surface area (Å²) < 4.78 is 14.9. The molecule has 0 aromatic heterocycles. The molecule has 0 spiro atoms. The van der Waals surface area contributed by atoms with Gasteiger partial charge in [-0.15, -0.1) is 0 Å². The van der Waals surface area contributed by atoms with Gasteiger partial charge < -0.3 is 14.2 Å². The molecule has 5 nitrogen and oxygen atoms in total. The minimum Gasteiger partial charge on any atom is -0.503 e. The Morgan fingerprint density at radius 1 is 0.833 bits per heavy atom. The molecule has 104 valence electrons. The van der Waals surface area contributed by atoms with Crippen LogP contribution >= 0.6 is 0 Å². The maximum absolute atomic E-state index is 11.8.